The predicted molar refractivity (Wildman–Crippen MR) is 74.4 cm³/mol. The first-order chi connectivity index (χ1) is 9.02. The molecule has 0 bridgehead atoms. The molecule has 2 atom stereocenters. The molecule has 1 aromatic carbocycles. The predicted octanol–water partition coefficient (Wildman–Crippen LogP) is 1.67. The third kappa shape index (κ3) is 2.81. The Morgan fingerprint density at radius 3 is 2.58 bits per heavy atom. The van der Waals surface area contributed by atoms with Crippen LogP contribution in [0.2, 0.25) is 0 Å². The van der Waals surface area contributed by atoms with E-state index in [0.29, 0.717) is 11.3 Å². The number of nitrogens with zero attached hydrogens (tertiary/aromatic N) is 1. The molecule has 0 spiro atoms. The van der Waals surface area contributed by atoms with Gasteiger partial charge in [-0.05, 0) is 26.0 Å². The summed E-state index contributed by atoms with van der Waals surface area (Å²) in [5, 5.41) is 0. The van der Waals surface area contributed by atoms with Gasteiger partial charge in [0, 0.05) is 13.1 Å². The van der Waals surface area contributed by atoms with Gasteiger partial charge in [-0.25, -0.2) is 4.79 Å². The Labute approximate surface area is 113 Å². The summed E-state index contributed by atoms with van der Waals surface area (Å²) in [6.07, 6.45) is 0.287. The highest BCUT2D eigenvalue weighted by Crippen LogP contribution is 2.29. The number of benzene rings is 1. The van der Waals surface area contributed by atoms with Crippen molar-refractivity contribution in [3.8, 4) is 0 Å². The topological polar surface area (TPSA) is 64.8 Å². The van der Waals surface area contributed by atoms with Gasteiger partial charge in [0.1, 0.15) is 0 Å². The maximum atomic E-state index is 11.7. The average molecular weight is 264 g/mol. The van der Waals surface area contributed by atoms with Gasteiger partial charge in [-0.15, -0.1) is 0 Å². The number of nitrogen functional groups attached to an aromatic ring is 1. The fourth-order valence-corrected chi connectivity index (χ4v) is 2.49. The molecule has 1 saturated heterocycles. The highest BCUT2D eigenvalue weighted by atomic mass is 16.5. The second kappa shape index (κ2) is 5.48. The molecule has 5 nitrogen and oxygen atoms in total. The lowest BCUT2D eigenvalue weighted by Gasteiger charge is -2.37. The molecule has 2 rings (SSSR count). The Bertz CT molecular complexity index is 466. The summed E-state index contributed by atoms with van der Waals surface area (Å²) in [6.45, 7) is 5.59. The lowest BCUT2D eigenvalue weighted by molar-refractivity contribution is -0.00517. The molecule has 0 aromatic heterocycles. The third-order valence-corrected chi connectivity index (χ3v) is 3.25. The minimum atomic E-state index is -0.409. The van der Waals surface area contributed by atoms with E-state index >= 15 is 0 Å². The van der Waals surface area contributed by atoms with Crippen LogP contribution in [0.3, 0.4) is 0 Å². The Hall–Kier alpha value is -1.75. The van der Waals surface area contributed by atoms with E-state index in [1.165, 1.54) is 7.11 Å². The van der Waals surface area contributed by atoms with Crippen molar-refractivity contribution in [2.24, 2.45) is 0 Å². The maximum Gasteiger partial charge on any atom is 0.340 e. The second-order valence-electron chi connectivity index (χ2n) is 4.89. The smallest absolute Gasteiger partial charge is 0.340 e. The Kier molecular flexibility index (Phi) is 3.95. The number of ether oxygens (including phenoxy) is 2. The van der Waals surface area contributed by atoms with Gasteiger partial charge >= 0.3 is 5.97 Å². The molecular weight excluding hydrogens is 244 g/mol. The van der Waals surface area contributed by atoms with Crippen LogP contribution in [0.25, 0.3) is 0 Å². The first kappa shape index (κ1) is 13.7. The minimum absolute atomic E-state index is 0.143. The molecule has 5 heteroatoms. The van der Waals surface area contributed by atoms with Crippen LogP contribution in [-0.4, -0.2) is 38.4 Å². The molecule has 0 amide bonds. The van der Waals surface area contributed by atoms with Gasteiger partial charge in [-0.2, -0.15) is 0 Å². The van der Waals surface area contributed by atoms with Gasteiger partial charge in [0.2, 0.25) is 0 Å². The van der Waals surface area contributed by atoms with Crippen molar-refractivity contribution in [2.75, 3.05) is 30.8 Å². The van der Waals surface area contributed by atoms with E-state index in [-0.39, 0.29) is 12.2 Å². The normalized spacial score (nSPS) is 23.2. The van der Waals surface area contributed by atoms with Crippen LogP contribution in [0.1, 0.15) is 24.2 Å². The minimum Gasteiger partial charge on any atom is -0.465 e. The average Bonchev–Trinajstić information content (AvgIpc) is 2.37. The molecule has 19 heavy (non-hydrogen) atoms. The van der Waals surface area contributed by atoms with Gasteiger partial charge in [0.15, 0.2) is 0 Å². The largest absolute Gasteiger partial charge is 0.465 e. The zero-order valence-corrected chi connectivity index (χ0v) is 11.6. The number of nitrogens with two attached hydrogens (primary N) is 1. The summed E-state index contributed by atoms with van der Waals surface area (Å²) >= 11 is 0. The molecular formula is C14H20N2O3. The van der Waals surface area contributed by atoms with Crippen LogP contribution in [0.5, 0.6) is 0 Å². The Morgan fingerprint density at radius 1 is 1.37 bits per heavy atom. The van der Waals surface area contributed by atoms with Crippen molar-refractivity contribution < 1.29 is 14.3 Å². The van der Waals surface area contributed by atoms with Crippen LogP contribution in [0.15, 0.2) is 18.2 Å². The number of carbonyl (C=O) groups excluding carboxylic acids is 1. The second-order valence-corrected chi connectivity index (χ2v) is 4.89. The first-order valence-corrected chi connectivity index (χ1v) is 6.40. The van der Waals surface area contributed by atoms with Crippen molar-refractivity contribution in [3.63, 3.8) is 0 Å². The van der Waals surface area contributed by atoms with Crippen molar-refractivity contribution in [1.29, 1.82) is 0 Å². The zero-order valence-electron chi connectivity index (χ0n) is 11.6. The summed E-state index contributed by atoms with van der Waals surface area (Å²) in [4.78, 5) is 13.8. The molecule has 1 aliphatic rings. The molecule has 0 saturated carbocycles. The fourth-order valence-electron chi connectivity index (χ4n) is 2.49. The maximum absolute atomic E-state index is 11.7. The van der Waals surface area contributed by atoms with Gasteiger partial charge < -0.3 is 20.1 Å². The summed E-state index contributed by atoms with van der Waals surface area (Å²) in [5.74, 6) is -0.409. The monoisotopic (exact) mass is 264 g/mol. The molecule has 1 aliphatic heterocycles. The molecule has 104 valence electrons. The van der Waals surface area contributed by atoms with E-state index in [4.69, 9.17) is 15.2 Å². The quantitative estimate of drug-likeness (QED) is 0.650. The van der Waals surface area contributed by atoms with Gasteiger partial charge in [0.25, 0.3) is 0 Å². The van der Waals surface area contributed by atoms with E-state index in [2.05, 4.69) is 4.90 Å². The van der Waals surface area contributed by atoms with Crippen LogP contribution in [0.4, 0.5) is 11.4 Å². The van der Waals surface area contributed by atoms with Crippen LogP contribution >= 0.6 is 0 Å². The standard InChI is InChI=1S/C14H20N2O3/c1-9-7-16(8-10(2)19-9)12-6-4-5-11(13(12)15)14(17)18-3/h4-6,9-10H,7-8,15H2,1-3H3. The van der Waals surface area contributed by atoms with E-state index in [1.54, 1.807) is 6.07 Å². The SMILES string of the molecule is COC(=O)c1cccc(N2CC(C)OC(C)C2)c1N. The van der Waals surface area contributed by atoms with Crippen molar-refractivity contribution >= 4 is 17.3 Å². The summed E-state index contributed by atoms with van der Waals surface area (Å²) in [6, 6.07) is 5.42. The molecule has 2 N–H and O–H groups in total. The Morgan fingerprint density at radius 2 is 2.00 bits per heavy atom. The van der Waals surface area contributed by atoms with E-state index in [1.807, 2.05) is 26.0 Å². The third-order valence-electron chi connectivity index (χ3n) is 3.25. The number of morpholine rings is 1. The summed E-state index contributed by atoms with van der Waals surface area (Å²) in [5.41, 5.74) is 7.84. The van der Waals surface area contributed by atoms with Crippen LogP contribution < -0.4 is 10.6 Å². The molecule has 1 fully saturated rings. The number of para-hydroxylation sites is 1. The number of esters is 1. The first-order valence-electron chi connectivity index (χ1n) is 6.40. The molecule has 2 unspecified atom stereocenters. The van der Waals surface area contributed by atoms with E-state index in [9.17, 15) is 4.79 Å². The van der Waals surface area contributed by atoms with Gasteiger partial charge in [-0.3, -0.25) is 0 Å². The van der Waals surface area contributed by atoms with Gasteiger partial charge in [-0.1, -0.05) is 6.07 Å². The number of hydrogen-bond donors (Lipinski definition) is 1. The number of methoxy groups -OCH3 is 1. The summed E-state index contributed by atoms with van der Waals surface area (Å²) < 4.78 is 10.4. The van der Waals surface area contributed by atoms with Gasteiger partial charge in [0.05, 0.1) is 36.3 Å². The van der Waals surface area contributed by atoms with Crippen molar-refractivity contribution in [1.82, 2.24) is 0 Å². The molecule has 0 radical (unpaired) electrons. The number of rotatable bonds is 2. The zero-order chi connectivity index (χ0) is 14.0. The Balaban J connectivity index is 2.32. The number of anilines is 2. The number of hydrogen-bond acceptors (Lipinski definition) is 5. The van der Waals surface area contributed by atoms with Crippen molar-refractivity contribution in [3.05, 3.63) is 23.8 Å². The van der Waals surface area contributed by atoms with Crippen LogP contribution in [-0.2, 0) is 9.47 Å². The van der Waals surface area contributed by atoms with E-state index in [0.717, 1.165) is 18.8 Å². The van der Waals surface area contributed by atoms with E-state index < -0.39 is 5.97 Å². The molecule has 0 aliphatic carbocycles. The molecule has 1 heterocycles. The lowest BCUT2D eigenvalue weighted by atomic mass is 10.1. The number of carbonyl (C=O) groups is 1. The lowest BCUT2D eigenvalue weighted by Crippen LogP contribution is -2.45. The fraction of sp³-hybridized carbons (Fsp3) is 0.500. The highest BCUT2D eigenvalue weighted by molar-refractivity contribution is 5.98. The highest BCUT2D eigenvalue weighted by Gasteiger charge is 2.25. The van der Waals surface area contributed by atoms with Crippen molar-refractivity contribution in [2.45, 2.75) is 26.1 Å². The van der Waals surface area contributed by atoms with Crippen LogP contribution in [0, 0.1) is 0 Å². The summed E-state index contributed by atoms with van der Waals surface area (Å²) in [7, 11) is 1.35. The molecule has 1 aromatic rings.